The normalized spacial score (nSPS) is 10.5. The van der Waals surface area contributed by atoms with E-state index in [1.807, 2.05) is 0 Å². The highest BCUT2D eigenvalue weighted by Crippen LogP contribution is 2.26. The lowest BCUT2D eigenvalue weighted by molar-refractivity contribution is 0.112. The van der Waals surface area contributed by atoms with Crippen molar-refractivity contribution in [3.05, 3.63) is 26.0 Å². The van der Waals surface area contributed by atoms with Crippen LogP contribution in [-0.4, -0.2) is 11.3 Å². The average Bonchev–Trinajstić information content (AvgIpc) is 2.07. The summed E-state index contributed by atoms with van der Waals surface area (Å²) in [5.74, 6) is 0. The molecule has 70 valence electrons. The number of pyridine rings is 1. The first-order valence-corrected chi connectivity index (χ1v) is 4.61. The minimum absolute atomic E-state index is 0.183. The molecule has 2 nitrogen and oxygen atoms in total. The second-order valence-electron chi connectivity index (χ2n) is 2.15. The molecule has 0 aliphatic rings. The third-order valence-corrected chi connectivity index (χ3v) is 2.48. The molecule has 1 aromatic rings. The van der Waals surface area contributed by atoms with Gasteiger partial charge in [0.25, 0.3) is 6.43 Å². The van der Waals surface area contributed by atoms with E-state index in [4.69, 9.17) is 11.6 Å². The molecule has 1 rings (SSSR count). The molecule has 0 spiro atoms. The lowest BCUT2D eigenvalue weighted by Gasteiger charge is -2.03. The Labute approximate surface area is 91.4 Å². The molecule has 0 unspecified atom stereocenters. The van der Waals surface area contributed by atoms with Gasteiger partial charge in [0.05, 0.1) is 5.02 Å². The molecule has 0 fully saturated rings. The molecule has 0 bridgehead atoms. The molecule has 1 aromatic heterocycles. The van der Waals surface area contributed by atoms with Crippen molar-refractivity contribution >= 4 is 40.5 Å². The highest BCUT2D eigenvalue weighted by molar-refractivity contribution is 14.1. The molecule has 6 heteroatoms. The van der Waals surface area contributed by atoms with Gasteiger partial charge in [-0.1, -0.05) is 11.6 Å². The summed E-state index contributed by atoms with van der Waals surface area (Å²) in [6, 6.07) is 1.19. The van der Waals surface area contributed by atoms with Gasteiger partial charge < -0.3 is 0 Å². The molecule has 0 saturated heterocycles. The van der Waals surface area contributed by atoms with Gasteiger partial charge in [-0.2, -0.15) is 0 Å². The van der Waals surface area contributed by atoms with Crippen molar-refractivity contribution in [2.45, 2.75) is 6.43 Å². The summed E-state index contributed by atoms with van der Waals surface area (Å²) >= 11 is 7.17. The number of rotatable bonds is 2. The highest BCUT2D eigenvalue weighted by Gasteiger charge is 2.16. The lowest BCUT2D eigenvalue weighted by Crippen LogP contribution is -1.98. The Morgan fingerprint density at radius 3 is 2.69 bits per heavy atom. The molecular formula is C7H3ClF2INO. The van der Waals surface area contributed by atoms with E-state index >= 15 is 0 Å². The van der Waals surface area contributed by atoms with Crippen LogP contribution in [0.15, 0.2) is 6.07 Å². The van der Waals surface area contributed by atoms with Crippen molar-refractivity contribution in [1.82, 2.24) is 4.98 Å². The summed E-state index contributed by atoms with van der Waals surface area (Å²) in [5.41, 5.74) is -0.272. The van der Waals surface area contributed by atoms with Gasteiger partial charge in [-0.05, 0) is 28.7 Å². The van der Waals surface area contributed by atoms with E-state index in [2.05, 4.69) is 4.98 Å². The number of hydrogen-bond donors (Lipinski definition) is 0. The number of nitrogens with zero attached hydrogens (tertiary/aromatic N) is 1. The first kappa shape index (κ1) is 10.8. The van der Waals surface area contributed by atoms with E-state index in [-0.39, 0.29) is 14.3 Å². The third-order valence-electron chi connectivity index (χ3n) is 1.32. The van der Waals surface area contributed by atoms with Gasteiger partial charge >= 0.3 is 0 Å². The third kappa shape index (κ3) is 2.34. The Kier molecular flexibility index (Phi) is 3.55. The monoisotopic (exact) mass is 317 g/mol. The number of aldehydes is 1. The average molecular weight is 317 g/mol. The van der Waals surface area contributed by atoms with Crippen LogP contribution in [0, 0.1) is 3.70 Å². The topological polar surface area (TPSA) is 30.0 Å². The second-order valence-corrected chi connectivity index (χ2v) is 3.58. The first-order chi connectivity index (χ1) is 6.06. The van der Waals surface area contributed by atoms with Crippen molar-refractivity contribution in [3.8, 4) is 0 Å². The molecule has 0 aromatic carbocycles. The highest BCUT2D eigenvalue weighted by atomic mass is 127. The van der Waals surface area contributed by atoms with Crippen LogP contribution in [0.25, 0.3) is 0 Å². The van der Waals surface area contributed by atoms with Crippen LogP contribution in [0.3, 0.4) is 0 Å². The zero-order valence-corrected chi connectivity index (χ0v) is 9.01. The first-order valence-electron chi connectivity index (χ1n) is 3.15. The molecule has 0 saturated carbocycles. The Hall–Kier alpha value is -0.300. The van der Waals surface area contributed by atoms with E-state index in [0.29, 0.717) is 6.29 Å². The summed E-state index contributed by atoms with van der Waals surface area (Å²) in [4.78, 5) is 13.9. The van der Waals surface area contributed by atoms with E-state index in [1.54, 1.807) is 22.6 Å². The maximum Gasteiger partial charge on any atom is 0.281 e. The molecule has 0 atom stereocenters. The fourth-order valence-electron chi connectivity index (χ4n) is 0.729. The summed E-state index contributed by atoms with van der Waals surface area (Å²) in [6.45, 7) is 0. The van der Waals surface area contributed by atoms with Crippen molar-refractivity contribution in [1.29, 1.82) is 0 Å². The molecule has 1 heterocycles. The lowest BCUT2D eigenvalue weighted by atomic mass is 10.3. The number of alkyl halides is 2. The Morgan fingerprint density at radius 1 is 1.62 bits per heavy atom. The van der Waals surface area contributed by atoms with E-state index < -0.39 is 12.1 Å². The molecule has 0 aliphatic heterocycles. The van der Waals surface area contributed by atoms with Crippen molar-refractivity contribution in [2.24, 2.45) is 0 Å². The Bertz CT molecular complexity index is 346. The Balaban J connectivity index is 3.28. The predicted molar refractivity (Wildman–Crippen MR) is 52.3 cm³/mol. The maximum absolute atomic E-state index is 12.2. The molecule has 13 heavy (non-hydrogen) atoms. The van der Waals surface area contributed by atoms with Crippen molar-refractivity contribution < 1.29 is 13.6 Å². The van der Waals surface area contributed by atoms with Gasteiger partial charge in [0.1, 0.15) is 9.39 Å². The quantitative estimate of drug-likeness (QED) is 0.477. The fraction of sp³-hybridized carbons (Fsp3) is 0.143. The zero-order chi connectivity index (χ0) is 10.0. The van der Waals surface area contributed by atoms with Crippen LogP contribution in [0.1, 0.15) is 22.5 Å². The molecular weight excluding hydrogens is 314 g/mol. The van der Waals surface area contributed by atoms with E-state index in [1.165, 1.54) is 6.07 Å². The van der Waals surface area contributed by atoms with Crippen LogP contribution in [0.4, 0.5) is 8.78 Å². The van der Waals surface area contributed by atoms with Crippen LogP contribution in [-0.2, 0) is 0 Å². The minimum atomic E-state index is -2.72. The van der Waals surface area contributed by atoms with Crippen LogP contribution >= 0.6 is 34.2 Å². The Morgan fingerprint density at radius 2 is 2.23 bits per heavy atom. The number of hydrogen-bond acceptors (Lipinski definition) is 2. The summed E-state index contributed by atoms with van der Waals surface area (Å²) in [6.07, 6.45) is -2.20. The van der Waals surface area contributed by atoms with Crippen molar-refractivity contribution in [2.75, 3.05) is 0 Å². The van der Waals surface area contributed by atoms with Gasteiger partial charge in [0.2, 0.25) is 0 Å². The standard InChI is InChI=1S/C7H3ClF2INO/c8-4-1-3(2-13)7(11)12-5(4)6(9)10/h1-2,6H. The van der Waals surface area contributed by atoms with Gasteiger partial charge in [-0.25, -0.2) is 13.8 Å². The zero-order valence-electron chi connectivity index (χ0n) is 6.10. The largest absolute Gasteiger partial charge is 0.298 e. The SMILES string of the molecule is O=Cc1cc(Cl)c(C(F)F)nc1I. The maximum atomic E-state index is 12.2. The van der Waals surface area contributed by atoms with Gasteiger partial charge in [0.15, 0.2) is 6.29 Å². The van der Waals surface area contributed by atoms with Gasteiger partial charge in [-0.15, -0.1) is 0 Å². The molecule has 0 aliphatic carbocycles. The van der Waals surface area contributed by atoms with Gasteiger partial charge in [0, 0.05) is 5.56 Å². The molecule has 0 radical (unpaired) electrons. The smallest absolute Gasteiger partial charge is 0.281 e. The number of aromatic nitrogens is 1. The summed E-state index contributed by atoms with van der Waals surface area (Å²) in [5, 5.41) is -0.183. The molecule has 0 N–H and O–H groups in total. The predicted octanol–water partition coefficient (Wildman–Crippen LogP) is 3.09. The number of carbonyl (C=O) groups excluding carboxylic acids is 1. The van der Waals surface area contributed by atoms with Crippen LogP contribution < -0.4 is 0 Å². The number of carbonyl (C=O) groups is 1. The fourth-order valence-corrected chi connectivity index (χ4v) is 1.51. The van der Waals surface area contributed by atoms with Crippen LogP contribution in [0.5, 0.6) is 0 Å². The van der Waals surface area contributed by atoms with E-state index in [9.17, 15) is 13.6 Å². The minimum Gasteiger partial charge on any atom is -0.298 e. The van der Waals surface area contributed by atoms with Crippen LogP contribution in [0.2, 0.25) is 5.02 Å². The van der Waals surface area contributed by atoms with E-state index in [0.717, 1.165) is 0 Å². The summed E-state index contributed by atoms with van der Waals surface area (Å²) in [7, 11) is 0. The van der Waals surface area contributed by atoms with Gasteiger partial charge in [-0.3, -0.25) is 4.79 Å². The molecule has 0 amide bonds. The second kappa shape index (κ2) is 4.28. The number of halogens is 4. The summed E-state index contributed by atoms with van der Waals surface area (Å²) < 4.78 is 24.6. The van der Waals surface area contributed by atoms with Crippen molar-refractivity contribution in [3.63, 3.8) is 0 Å².